The van der Waals surface area contributed by atoms with Gasteiger partial charge in [-0.3, -0.25) is 4.79 Å². The molecule has 0 aromatic rings. The molecule has 0 saturated carbocycles. The van der Waals surface area contributed by atoms with Gasteiger partial charge in [-0.05, 0) is 60.2 Å². The summed E-state index contributed by atoms with van der Waals surface area (Å²) in [5.41, 5.74) is 0. The van der Waals surface area contributed by atoms with Gasteiger partial charge in [0.15, 0.2) is 0 Å². The summed E-state index contributed by atoms with van der Waals surface area (Å²) in [5, 5.41) is 3.34. The van der Waals surface area contributed by atoms with E-state index in [0.29, 0.717) is 6.04 Å². The molecule has 1 fully saturated rings. The number of hydrogen-bond acceptors (Lipinski definition) is 3. The molecule has 1 N–H and O–H groups in total. The van der Waals surface area contributed by atoms with Crippen molar-refractivity contribution in [2.75, 3.05) is 33.2 Å². The van der Waals surface area contributed by atoms with E-state index in [4.69, 9.17) is 0 Å². The fraction of sp³-hybridized carbons (Fsp3) is 0.929. The highest BCUT2D eigenvalue weighted by atomic mass is 16.2. The Labute approximate surface area is 112 Å². The first kappa shape index (κ1) is 15.4. The van der Waals surface area contributed by atoms with Crippen LogP contribution < -0.4 is 5.32 Å². The van der Waals surface area contributed by atoms with Crippen LogP contribution in [-0.2, 0) is 4.79 Å². The summed E-state index contributed by atoms with van der Waals surface area (Å²) in [6.45, 7) is 10.3. The van der Waals surface area contributed by atoms with Crippen molar-refractivity contribution >= 4 is 5.91 Å². The summed E-state index contributed by atoms with van der Waals surface area (Å²) in [5.74, 6) is 0.268. The molecule has 1 heterocycles. The van der Waals surface area contributed by atoms with E-state index in [9.17, 15) is 4.79 Å². The molecule has 1 amide bonds. The second-order valence-electron chi connectivity index (χ2n) is 5.64. The highest BCUT2D eigenvalue weighted by molar-refractivity contribution is 5.81. The second-order valence-corrected chi connectivity index (χ2v) is 5.64. The first-order chi connectivity index (χ1) is 8.52. The van der Waals surface area contributed by atoms with Gasteiger partial charge in [0.25, 0.3) is 0 Å². The highest BCUT2D eigenvalue weighted by Gasteiger charge is 2.22. The Morgan fingerprint density at radius 1 is 1.28 bits per heavy atom. The zero-order chi connectivity index (χ0) is 13.5. The minimum absolute atomic E-state index is 0.0348. The zero-order valence-electron chi connectivity index (χ0n) is 12.4. The van der Waals surface area contributed by atoms with Gasteiger partial charge in [0, 0.05) is 19.1 Å². The number of likely N-dealkylation sites (tertiary alicyclic amines) is 1. The maximum atomic E-state index is 12.0. The van der Waals surface area contributed by atoms with E-state index < -0.39 is 0 Å². The van der Waals surface area contributed by atoms with E-state index in [0.717, 1.165) is 45.4 Å². The van der Waals surface area contributed by atoms with Gasteiger partial charge in [-0.2, -0.15) is 0 Å². The molecule has 106 valence electrons. The molecule has 0 bridgehead atoms. The number of amides is 1. The Balaban J connectivity index is 2.12. The summed E-state index contributed by atoms with van der Waals surface area (Å²) in [4.78, 5) is 16.3. The van der Waals surface area contributed by atoms with Crippen LogP contribution >= 0.6 is 0 Å². The molecule has 1 rings (SSSR count). The number of carbonyl (C=O) groups excluding carboxylic acids is 1. The van der Waals surface area contributed by atoms with Gasteiger partial charge < -0.3 is 15.1 Å². The van der Waals surface area contributed by atoms with Crippen LogP contribution in [0.1, 0.15) is 40.0 Å². The molecular formula is C14H29N3O. The molecular weight excluding hydrogens is 226 g/mol. The molecule has 1 unspecified atom stereocenters. The number of nitrogens with zero attached hydrogens (tertiary/aromatic N) is 2. The van der Waals surface area contributed by atoms with Crippen molar-refractivity contribution in [1.82, 2.24) is 15.1 Å². The monoisotopic (exact) mass is 255 g/mol. The van der Waals surface area contributed by atoms with Crippen LogP contribution in [0.25, 0.3) is 0 Å². The van der Waals surface area contributed by atoms with E-state index in [-0.39, 0.29) is 11.9 Å². The van der Waals surface area contributed by atoms with Gasteiger partial charge in [0.2, 0.25) is 5.91 Å². The van der Waals surface area contributed by atoms with Crippen molar-refractivity contribution in [3.8, 4) is 0 Å². The third kappa shape index (κ3) is 4.94. The van der Waals surface area contributed by atoms with Gasteiger partial charge in [-0.15, -0.1) is 0 Å². The van der Waals surface area contributed by atoms with Crippen LogP contribution in [-0.4, -0.2) is 61.0 Å². The van der Waals surface area contributed by atoms with Crippen LogP contribution in [0.3, 0.4) is 0 Å². The molecule has 0 radical (unpaired) electrons. The predicted octanol–water partition coefficient (Wildman–Crippen LogP) is 1.32. The van der Waals surface area contributed by atoms with E-state index in [1.54, 1.807) is 0 Å². The summed E-state index contributed by atoms with van der Waals surface area (Å²) in [6, 6.07) is 0.557. The van der Waals surface area contributed by atoms with Gasteiger partial charge in [-0.1, -0.05) is 0 Å². The average molecular weight is 255 g/mol. The number of rotatable bonds is 7. The normalized spacial score (nSPS) is 17.8. The number of nitrogens with one attached hydrogen (secondary N) is 1. The van der Waals surface area contributed by atoms with Crippen LogP contribution in [0.4, 0.5) is 0 Å². The molecule has 4 heteroatoms. The highest BCUT2D eigenvalue weighted by Crippen LogP contribution is 2.08. The first-order valence-electron chi connectivity index (χ1n) is 7.24. The summed E-state index contributed by atoms with van der Waals surface area (Å²) in [7, 11) is 2.14. The maximum Gasteiger partial charge on any atom is 0.239 e. The van der Waals surface area contributed by atoms with Gasteiger partial charge in [-0.25, -0.2) is 0 Å². The van der Waals surface area contributed by atoms with Crippen molar-refractivity contribution in [2.45, 2.75) is 52.1 Å². The molecule has 1 aliphatic rings. The number of hydrogen-bond donors (Lipinski definition) is 1. The Kier molecular flexibility index (Phi) is 6.65. The third-order valence-electron chi connectivity index (χ3n) is 3.81. The van der Waals surface area contributed by atoms with E-state index >= 15 is 0 Å². The number of carbonyl (C=O) groups is 1. The summed E-state index contributed by atoms with van der Waals surface area (Å²) in [6.07, 6.45) is 3.42. The standard InChI is InChI=1S/C14H29N3O/c1-12(2)16(4)9-7-8-15-13(3)14(18)17-10-5-6-11-17/h12-13,15H,5-11H2,1-4H3. The minimum Gasteiger partial charge on any atom is -0.341 e. The second kappa shape index (κ2) is 7.74. The molecule has 1 aliphatic heterocycles. The van der Waals surface area contributed by atoms with Gasteiger partial charge >= 0.3 is 0 Å². The van der Waals surface area contributed by atoms with Crippen molar-refractivity contribution in [1.29, 1.82) is 0 Å². The van der Waals surface area contributed by atoms with Crippen molar-refractivity contribution < 1.29 is 4.79 Å². The van der Waals surface area contributed by atoms with Crippen LogP contribution in [0, 0.1) is 0 Å². The molecule has 4 nitrogen and oxygen atoms in total. The van der Waals surface area contributed by atoms with Gasteiger partial charge in [0.05, 0.1) is 6.04 Å². The topological polar surface area (TPSA) is 35.6 Å². The predicted molar refractivity (Wildman–Crippen MR) is 75.7 cm³/mol. The zero-order valence-corrected chi connectivity index (χ0v) is 12.4. The molecule has 0 aliphatic carbocycles. The fourth-order valence-electron chi connectivity index (χ4n) is 2.20. The van der Waals surface area contributed by atoms with E-state index in [2.05, 4.69) is 31.1 Å². The maximum absolute atomic E-state index is 12.0. The molecule has 0 spiro atoms. The largest absolute Gasteiger partial charge is 0.341 e. The Morgan fingerprint density at radius 3 is 2.44 bits per heavy atom. The van der Waals surface area contributed by atoms with Crippen LogP contribution in [0.15, 0.2) is 0 Å². The third-order valence-corrected chi connectivity index (χ3v) is 3.81. The summed E-state index contributed by atoms with van der Waals surface area (Å²) >= 11 is 0. The van der Waals surface area contributed by atoms with E-state index in [1.807, 2.05) is 11.8 Å². The Bertz CT molecular complexity index is 249. The quantitative estimate of drug-likeness (QED) is 0.697. The Morgan fingerprint density at radius 2 is 1.89 bits per heavy atom. The SMILES string of the molecule is CC(NCCCN(C)C(C)C)C(=O)N1CCCC1. The fourth-order valence-corrected chi connectivity index (χ4v) is 2.20. The van der Waals surface area contributed by atoms with Crippen molar-refractivity contribution in [3.63, 3.8) is 0 Å². The van der Waals surface area contributed by atoms with Crippen LogP contribution in [0.5, 0.6) is 0 Å². The Hall–Kier alpha value is -0.610. The minimum atomic E-state index is -0.0348. The van der Waals surface area contributed by atoms with Crippen molar-refractivity contribution in [2.24, 2.45) is 0 Å². The average Bonchev–Trinajstić information content (AvgIpc) is 2.86. The molecule has 1 saturated heterocycles. The summed E-state index contributed by atoms with van der Waals surface area (Å²) < 4.78 is 0. The van der Waals surface area contributed by atoms with E-state index in [1.165, 1.54) is 0 Å². The lowest BCUT2D eigenvalue weighted by molar-refractivity contribution is -0.131. The molecule has 0 aromatic carbocycles. The lowest BCUT2D eigenvalue weighted by Crippen LogP contribution is -2.44. The van der Waals surface area contributed by atoms with Crippen molar-refractivity contribution in [3.05, 3.63) is 0 Å². The molecule has 0 aromatic heterocycles. The lowest BCUT2D eigenvalue weighted by atomic mass is 10.2. The van der Waals surface area contributed by atoms with Crippen LogP contribution in [0.2, 0.25) is 0 Å². The van der Waals surface area contributed by atoms with Gasteiger partial charge in [0.1, 0.15) is 0 Å². The molecule has 1 atom stereocenters. The molecule has 18 heavy (non-hydrogen) atoms. The first-order valence-corrected chi connectivity index (χ1v) is 7.24. The smallest absolute Gasteiger partial charge is 0.239 e. The lowest BCUT2D eigenvalue weighted by Gasteiger charge is -2.23.